The van der Waals surface area contributed by atoms with Gasteiger partial charge >= 0.3 is 0 Å². The summed E-state index contributed by atoms with van der Waals surface area (Å²) in [7, 11) is 0. The van der Waals surface area contributed by atoms with E-state index in [0.29, 0.717) is 22.4 Å². The molecular formula is C28H24N2O4. The van der Waals surface area contributed by atoms with Gasteiger partial charge in [0.2, 0.25) is 0 Å². The van der Waals surface area contributed by atoms with E-state index in [1.165, 1.54) is 6.26 Å². The van der Waals surface area contributed by atoms with Crippen molar-refractivity contribution in [2.75, 3.05) is 5.32 Å². The van der Waals surface area contributed by atoms with Gasteiger partial charge in [0.1, 0.15) is 0 Å². The van der Waals surface area contributed by atoms with Gasteiger partial charge in [-0.2, -0.15) is 0 Å². The molecule has 0 saturated carbocycles. The first-order chi connectivity index (χ1) is 16.4. The first-order valence-corrected chi connectivity index (χ1v) is 10.9. The molecule has 170 valence electrons. The summed E-state index contributed by atoms with van der Waals surface area (Å²) in [4.78, 5) is 38.3. The predicted octanol–water partition coefficient (Wildman–Crippen LogP) is 5.31. The van der Waals surface area contributed by atoms with Gasteiger partial charge in [0.15, 0.2) is 11.5 Å². The van der Waals surface area contributed by atoms with E-state index in [1.807, 2.05) is 32.0 Å². The summed E-state index contributed by atoms with van der Waals surface area (Å²) >= 11 is 0. The maximum atomic E-state index is 13.1. The van der Waals surface area contributed by atoms with Crippen LogP contribution in [-0.2, 0) is 6.54 Å². The molecule has 0 radical (unpaired) electrons. The second kappa shape index (κ2) is 10.0. The van der Waals surface area contributed by atoms with E-state index in [0.717, 1.165) is 16.7 Å². The van der Waals surface area contributed by atoms with Crippen LogP contribution in [0.2, 0.25) is 0 Å². The number of benzene rings is 3. The predicted molar refractivity (Wildman–Crippen MR) is 130 cm³/mol. The summed E-state index contributed by atoms with van der Waals surface area (Å²) < 4.78 is 5.10. The first-order valence-electron chi connectivity index (χ1n) is 10.9. The van der Waals surface area contributed by atoms with E-state index in [1.54, 1.807) is 60.7 Å². The second-order valence-corrected chi connectivity index (χ2v) is 7.99. The fourth-order valence-corrected chi connectivity index (χ4v) is 3.55. The normalized spacial score (nSPS) is 10.5. The monoisotopic (exact) mass is 452 g/mol. The van der Waals surface area contributed by atoms with Crippen LogP contribution in [0.1, 0.15) is 53.5 Å². The van der Waals surface area contributed by atoms with Crippen LogP contribution in [0.5, 0.6) is 0 Å². The molecule has 1 aromatic heterocycles. The van der Waals surface area contributed by atoms with Gasteiger partial charge in [-0.3, -0.25) is 14.4 Å². The van der Waals surface area contributed by atoms with E-state index in [-0.39, 0.29) is 29.9 Å². The summed E-state index contributed by atoms with van der Waals surface area (Å²) in [5.41, 5.74) is 4.71. The van der Waals surface area contributed by atoms with Crippen molar-refractivity contribution < 1.29 is 18.8 Å². The molecule has 0 aliphatic rings. The number of furan rings is 1. The van der Waals surface area contributed by atoms with Crippen LogP contribution >= 0.6 is 0 Å². The molecule has 0 aliphatic heterocycles. The molecule has 4 aromatic rings. The molecule has 6 heteroatoms. The highest BCUT2D eigenvalue weighted by Gasteiger charge is 2.18. The quantitative estimate of drug-likeness (QED) is 0.372. The zero-order chi connectivity index (χ0) is 24.1. The fourth-order valence-electron chi connectivity index (χ4n) is 3.55. The Morgan fingerprint density at radius 1 is 0.765 bits per heavy atom. The molecule has 0 spiro atoms. The minimum Gasteiger partial charge on any atom is -0.459 e. The lowest BCUT2D eigenvalue weighted by molar-refractivity contribution is 0.0939. The maximum absolute atomic E-state index is 13.1. The van der Waals surface area contributed by atoms with Crippen LogP contribution in [-0.4, -0.2) is 17.6 Å². The number of ketones is 1. The summed E-state index contributed by atoms with van der Waals surface area (Å²) in [6.45, 7) is 4.17. The van der Waals surface area contributed by atoms with Gasteiger partial charge in [0.05, 0.1) is 11.8 Å². The Labute approximate surface area is 197 Å². The molecule has 2 N–H and O–H groups in total. The first kappa shape index (κ1) is 22.7. The molecule has 0 fully saturated rings. The topological polar surface area (TPSA) is 88.4 Å². The second-order valence-electron chi connectivity index (χ2n) is 7.99. The number of carbonyl (C=O) groups is 3. The summed E-state index contributed by atoms with van der Waals surface area (Å²) in [6, 6.07) is 22.7. The van der Waals surface area contributed by atoms with E-state index in [4.69, 9.17) is 4.42 Å². The van der Waals surface area contributed by atoms with Gasteiger partial charge < -0.3 is 15.1 Å². The Balaban J connectivity index is 1.46. The van der Waals surface area contributed by atoms with Crippen LogP contribution in [0.4, 0.5) is 5.69 Å². The number of hydrogen-bond acceptors (Lipinski definition) is 4. The van der Waals surface area contributed by atoms with Crippen molar-refractivity contribution in [2.24, 2.45) is 0 Å². The molecule has 34 heavy (non-hydrogen) atoms. The van der Waals surface area contributed by atoms with Crippen LogP contribution < -0.4 is 10.6 Å². The Bertz CT molecular complexity index is 1360. The van der Waals surface area contributed by atoms with Gasteiger partial charge in [0, 0.05) is 23.4 Å². The molecule has 6 nitrogen and oxygen atoms in total. The van der Waals surface area contributed by atoms with Crippen molar-refractivity contribution in [3.8, 4) is 0 Å². The third kappa shape index (κ3) is 5.13. The number of hydrogen-bond donors (Lipinski definition) is 2. The number of rotatable bonds is 7. The minimum atomic E-state index is -0.357. The molecule has 0 saturated heterocycles. The average Bonchev–Trinajstić information content (AvgIpc) is 3.39. The third-order valence-electron chi connectivity index (χ3n) is 5.57. The number of aryl methyl sites for hydroxylation is 2. The van der Waals surface area contributed by atoms with Crippen molar-refractivity contribution >= 4 is 23.3 Å². The maximum Gasteiger partial charge on any atom is 0.291 e. The lowest BCUT2D eigenvalue weighted by Crippen LogP contribution is -2.25. The highest BCUT2D eigenvalue weighted by atomic mass is 16.3. The van der Waals surface area contributed by atoms with E-state index in [9.17, 15) is 14.4 Å². The lowest BCUT2D eigenvalue weighted by Gasteiger charge is -2.11. The SMILES string of the molecule is Cc1ccc(C(=O)c2ccccc2C(=O)NCc2cccc(NC(=O)c3ccco3)c2)cc1C. The summed E-state index contributed by atoms with van der Waals surface area (Å²) in [5.74, 6) is -0.692. The van der Waals surface area contributed by atoms with E-state index in [2.05, 4.69) is 10.6 Å². The van der Waals surface area contributed by atoms with E-state index >= 15 is 0 Å². The highest BCUT2D eigenvalue weighted by Crippen LogP contribution is 2.18. The fraction of sp³-hybridized carbons (Fsp3) is 0.107. The van der Waals surface area contributed by atoms with Crippen molar-refractivity contribution in [3.05, 3.63) is 124 Å². The summed E-state index contributed by atoms with van der Waals surface area (Å²) in [5, 5.41) is 5.63. The molecule has 0 unspecified atom stereocenters. The number of carbonyl (C=O) groups excluding carboxylic acids is 3. The molecule has 0 bridgehead atoms. The van der Waals surface area contributed by atoms with Crippen LogP contribution in [0, 0.1) is 13.8 Å². The number of nitrogens with one attached hydrogen (secondary N) is 2. The third-order valence-corrected chi connectivity index (χ3v) is 5.57. The molecule has 3 aromatic carbocycles. The van der Waals surface area contributed by atoms with Gasteiger partial charge in [-0.1, -0.05) is 42.5 Å². The Morgan fingerprint density at radius 2 is 1.56 bits per heavy atom. The van der Waals surface area contributed by atoms with E-state index < -0.39 is 0 Å². The van der Waals surface area contributed by atoms with Gasteiger partial charge in [-0.25, -0.2) is 0 Å². The van der Waals surface area contributed by atoms with Gasteiger partial charge in [0.25, 0.3) is 11.8 Å². The molecule has 2 amide bonds. The smallest absolute Gasteiger partial charge is 0.291 e. The molecule has 4 rings (SSSR count). The molecule has 1 heterocycles. The number of anilines is 1. The van der Waals surface area contributed by atoms with Crippen LogP contribution in [0.3, 0.4) is 0 Å². The Kier molecular flexibility index (Phi) is 6.69. The van der Waals surface area contributed by atoms with Gasteiger partial charge in [-0.15, -0.1) is 0 Å². The highest BCUT2D eigenvalue weighted by molar-refractivity contribution is 6.15. The molecule has 0 atom stereocenters. The zero-order valence-corrected chi connectivity index (χ0v) is 18.9. The number of amides is 2. The van der Waals surface area contributed by atoms with Gasteiger partial charge in [-0.05, 0) is 66.9 Å². The van der Waals surface area contributed by atoms with Crippen molar-refractivity contribution in [3.63, 3.8) is 0 Å². The lowest BCUT2D eigenvalue weighted by atomic mass is 9.95. The van der Waals surface area contributed by atoms with Crippen LogP contribution in [0.15, 0.2) is 89.5 Å². The standard InChI is InChI=1S/C28H24N2O4/c1-18-12-13-21(15-19(18)2)26(31)23-9-3-4-10-24(23)27(32)29-17-20-7-5-8-22(16-20)30-28(33)25-11-6-14-34-25/h3-16H,17H2,1-2H3,(H,29,32)(H,30,33). The summed E-state index contributed by atoms with van der Waals surface area (Å²) in [6.07, 6.45) is 1.43. The Hall–Kier alpha value is -4.45. The van der Waals surface area contributed by atoms with Crippen LogP contribution in [0.25, 0.3) is 0 Å². The molecular weight excluding hydrogens is 428 g/mol. The van der Waals surface area contributed by atoms with Crippen molar-refractivity contribution in [1.29, 1.82) is 0 Å². The largest absolute Gasteiger partial charge is 0.459 e. The van der Waals surface area contributed by atoms with Crippen molar-refractivity contribution in [1.82, 2.24) is 5.32 Å². The Morgan fingerprint density at radius 3 is 2.29 bits per heavy atom. The van der Waals surface area contributed by atoms with Crippen molar-refractivity contribution in [2.45, 2.75) is 20.4 Å². The average molecular weight is 453 g/mol. The molecule has 0 aliphatic carbocycles. The minimum absolute atomic E-state index is 0.198. The zero-order valence-electron chi connectivity index (χ0n) is 18.9.